The fraction of sp³-hybridized carbons (Fsp3) is 0.562. The highest BCUT2D eigenvalue weighted by Crippen LogP contribution is 2.42. The summed E-state index contributed by atoms with van der Waals surface area (Å²) in [5.74, 6) is 0.204. The SMILES string of the molecule is O=C(N[C@H]1CCS(=O)(=O)C1)C1(c2ccc(Cl)cc2)CCCC1. The van der Waals surface area contributed by atoms with Gasteiger partial charge in [0, 0.05) is 11.1 Å². The Labute approximate surface area is 136 Å². The van der Waals surface area contributed by atoms with Crippen molar-refractivity contribution in [3.8, 4) is 0 Å². The maximum atomic E-state index is 12.9. The summed E-state index contributed by atoms with van der Waals surface area (Å²) < 4.78 is 23.1. The van der Waals surface area contributed by atoms with Gasteiger partial charge in [-0.15, -0.1) is 0 Å². The van der Waals surface area contributed by atoms with Crippen molar-refractivity contribution < 1.29 is 13.2 Å². The second kappa shape index (κ2) is 5.85. The molecule has 2 aliphatic rings. The molecule has 0 bridgehead atoms. The molecule has 1 saturated heterocycles. The largest absolute Gasteiger partial charge is 0.352 e. The second-order valence-corrected chi connectivity index (χ2v) is 9.03. The molecule has 1 heterocycles. The van der Waals surface area contributed by atoms with Crippen molar-refractivity contribution in [1.82, 2.24) is 5.32 Å². The summed E-state index contributed by atoms with van der Waals surface area (Å²) in [7, 11) is -2.99. The molecule has 1 N–H and O–H groups in total. The normalized spacial score (nSPS) is 26.0. The molecule has 22 heavy (non-hydrogen) atoms. The third-order valence-electron chi connectivity index (χ3n) is 4.86. The van der Waals surface area contributed by atoms with Gasteiger partial charge in [-0.2, -0.15) is 0 Å². The van der Waals surface area contributed by atoms with Crippen LogP contribution in [0.3, 0.4) is 0 Å². The van der Waals surface area contributed by atoms with Crippen LogP contribution in [0.5, 0.6) is 0 Å². The number of hydrogen-bond acceptors (Lipinski definition) is 3. The number of benzene rings is 1. The molecule has 2 fully saturated rings. The molecule has 1 aliphatic carbocycles. The van der Waals surface area contributed by atoms with Gasteiger partial charge in [0.25, 0.3) is 0 Å². The quantitative estimate of drug-likeness (QED) is 0.918. The summed E-state index contributed by atoms with van der Waals surface area (Å²) in [6.45, 7) is 0. The highest BCUT2D eigenvalue weighted by atomic mass is 35.5. The summed E-state index contributed by atoms with van der Waals surface area (Å²) in [6, 6.07) is 7.20. The summed E-state index contributed by atoms with van der Waals surface area (Å²) >= 11 is 5.94. The molecule has 4 nitrogen and oxygen atoms in total. The van der Waals surface area contributed by atoms with Crippen molar-refractivity contribution in [3.05, 3.63) is 34.9 Å². The summed E-state index contributed by atoms with van der Waals surface area (Å²) in [4.78, 5) is 12.9. The lowest BCUT2D eigenvalue weighted by Gasteiger charge is -2.29. The average Bonchev–Trinajstić information content (AvgIpc) is 3.07. The number of nitrogens with one attached hydrogen (secondary N) is 1. The molecule has 1 atom stereocenters. The Morgan fingerprint density at radius 3 is 2.36 bits per heavy atom. The van der Waals surface area contributed by atoms with Gasteiger partial charge in [-0.1, -0.05) is 36.6 Å². The first-order valence-corrected chi connectivity index (χ1v) is 9.89. The zero-order valence-corrected chi connectivity index (χ0v) is 13.9. The van der Waals surface area contributed by atoms with E-state index in [2.05, 4.69) is 5.32 Å². The molecule has 1 aromatic carbocycles. The van der Waals surface area contributed by atoms with E-state index < -0.39 is 15.3 Å². The predicted molar refractivity (Wildman–Crippen MR) is 86.8 cm³/mol. The zero-order valence-electron chi connectivity index (χ0n) is 12.3. The Morgan fingerprint density at radius 2 is 1.82 bits per heavy atom. The van der Waals surface area contributed by atoms with Crippen molar-refractivity contribution >= 4 is 27.3 Å². The van der Waals surface area contributed by atoms with Gasteiger partial charge < -0.3 is 5.32 Å². The van der Waals surface area contributed by atoms with E-state index in [9.17, 15) is 13.2 Å². The van der Waals surface area contributed by atoms with Crippen LogP contribution in [0.15, 0.2) is 24.3 Å². The van der Waals surface area contributed by atoms with Gasteiger partial charge in [0.2, 0.25) is 5.91 Å². The van der Waals surface area contributed by atoms with Crippen molar-refractivity contribution in [2.75, 3.05) is 11.5 Å². The van der Waals surface area contributed by atoms with Crippen LogP contribution in [0.4, 0.5) is 0 Å². The third kappa shape index (κ3) is 3.01. The number of sulfone groups is 1. The van der Waals surface area contributed by atoms with Crippen molar-refractivity contribution in [2.24, 2.45) is 0 Å². The molecule has 3 rings (SSSR count). The monoisotopic (exact) mass is 341 g/mol. The molecule has 6 heteroatoms. The number of amides is 1. The first-order chi connectivity index (χ1) is 10.4. The zero-order chi connectivity index (χ0) is 15.8. The molecule has 1 aromatic rings. The standard InChI is InChI=1S/C16H20ClNO3S/c17-13-5-3-12(4-6-13)16(8-1-2-9-16)15(19)18-14-7-10-22(20,21)11-14/h3-6,14H,1-2,7-11H2,(H,18,19)/t14-/m0/s1. The minimum Gasteiger partial charge on any atom is -0.352 e. The second-order valence-electron chi connectivity index (χ2n) is 6.37. The van der Waals surface area contributed by atoms with E-state index in [1.807, 2.05) is 24.3 Å². The van der Waals surface area contributed by atoms with E-state index in [0.717, 1.165) is 31.2 Å². The lowest BCUT2D eigenvalue weighted by molar-refractivity contribution is -0.127. The summed E-state index contributed by atoms with van der Waals surface area (Å²) in [6.07, 6.45) is 4.16. The van der Waals surface area contributed by atoms with Gasteiger partial charge in [0.1, 0.15) is 0 Å². The predicted octanol–water partition coefficient (Wildman–Crippen LogP) is 2.46. The van der Waals surface area contributed by atoms with Crippen LogP contribution in [0.1, 0.15) is 37.7 Å². The van der Waals surface area contributed by atoms with Gasteiger partial charge in [0.15, 0.2) is 9.84 Å². The van der Waals surface area contributed by atoms with Crippen molar-refractivity contribution in [2.45, 2.75) is 43.6 Å². The minimum atomic E-state index is -2.99. The van der Waals surface area contributed by atoms with Gasteiger partial charge in [0.05, 0.1) is 16.9 Å². The van der Waals surface area contributed by atoms with Gasteiger partial charge in [-0.3, -0.25) is 4.79 Å². The van der Waals surface area contributed by atoms with Crippen LogP contribution >= 0.6 is 11.6 Å². The molecule has 1 saturated carbocycles. The first kappa shape index (κ1) is 15.8. The van der Waals surface area contributed by atoms with Crippen molar-refractivity contribution in [1.29, 1.82) is 0 Å². The van der Waals surface area contributed by atoms with Crippen LogP contribution in [0.25, 0.3) is 0 Å². The van der Waals surface area contributed by atoms with E-state index in [0.29, 0.717) is 11.4 Å². The van der Waals surface area contributed by atoms with E-state index in [1.165, 1.54) is 0 Å². The summed E-state index contributed by atoms with van der Waals surface area (Å²) in [5.41, 5.74) is 0.449. The lowest BCUT2D eigenvalue weighted by Crippen LogP contribution is -2.47. The highest BCUT2D eigenvalue weighted by Gasteiger charge is 2.44. The van der Waals surface area contributed by atoms with E-state index in [-0.39, 0.29) is 23.5 Å². The molecular formula is C16H20ClNO3S. The molecule has 0 spiro atoms. The Bertz CT molecular complexity index is 663. The maximum absolute atomic E-state index is 12.9. The van der Waals surface area contributed by atoms with E-state index in [4.69, 9.17) is 11.6 Å². The number of halogens is 1. The number of hydrogen-bond donors (Lipinski definition) is 1. The Morgan fingerprint density at radius 1 is 1.18 bits per heavy atom. The number of carbonyl (C=O) groups excluding carboxylic acids is 1. The molecule has 0 radical (unpaired) electrons. The summed E-state index contributed by atoms with van der Waals surface area (Å²) in [5, 5.41) is 3.63. The first-order valence-electron chi connectivity index (χ1n) is 7.69. The minimum absolute atomic E-state index is 0.0329. The third-order valence-corrected chi connectivity index (χ3v) is 6.88. The van der Waals surface area contributed by atoms with E-state index in [1.54, 1.807) is 0 Å². The average molecular weight is 342 g/mol. The highest BCUT2D eigenvalue weighted by molar-refractivity contribution is 7.91. The van der Waals surface area contributed by atoms with E-state index >= 15 is 0 Å². The van der Waals surface area contributed by atoms with Gasteiger partial charge in [-0.25, -0.2) is 8.42 Å². The van der Waals surface area contributed by atoms with Crippen LogP contribution in [0.2, 0.25) is 5.02 Å². The van der Waals surface area contributed by atoms with Crippen LogP contribution in [-0.2, 0) is 20.0 Å². The molecule has 0 aromatic heterocycles. The van der Waals surface area contributed by atoms with Crippen LogP contribution in [-0.4, -0.2) is 31.9 Å². The molecule has 1 aliphatic heterocycles. The lowest BCUT2D eigenvalue weighted by atomic mass is 9.78. The van der Waals surface area contributed by atoms with Gasteiger partial charge in [-0.05, 0) is 37.0 Å². The topological polar surface area (TPSA) is 63.2 Å². The van der Waals surface area contributed by atoms with Crippen LogP contribution < -0.4 is 5.32 Å². The number of carbonyl (C=O) groups is 1. The van der Waals surface area contributed by atoms with Gasteiger partial charge >= 0.3 is 0 Å². The fourth-order valence-corrected chi connectivity index (χ4v) is 5.43. The maximum Gasteiger partial charge on any atom is 0.230 e. The Balaban J connectivity index is 1.81. The Hall–Kier alpha value is -1.07. The molecular weight excluding hydrogens is 322 g/mol. The Kier molecular flexibility index (Phi) is 4.21. The molecule has 0 unspecified atom stereocenters. The van der Waals surface area contributed by atoms with Crippen LogP contribution in [0, 0.1) is 0 Å². The van der Waals surface area contributed by atoms with Crippen molar-refractivity contribution in [3.63, 3.8) is 0 Å². The number of rotatable bonds is 3. The smallest absolute Gasteiger partial charge is 0.230 e. The molecule has 120 valence electrons. The molecule has 1 amide bonds. The fourth-order valence-electron chi connectivity index (χ4n) is 3.63.